The summed E-state index contributed by atoms with van der Waals surface area (Å²) >= 11 is 1.41. The van der Waals surface area contributed by atoms with Crippen LogP contribution >= 0.6 is 11.5 Å². The standard InChI is InChI=1S/C15H20FN3S/c1-3-9-17-14(15-13(4-2)18-19-20-15)10-11-7-5-6-8-12(11)16/h5-8,14,17H,3-4,9-10H2,1-2H3. The molecule has 0 amide bonds. The van der Waals surface area contributed by atoms with Crippen molar-refractivity contribution in [3.8, 4) is 0 Å². The van der Waals surface area contributed by atoms with Crippen LogP contribution in [-0.4, -0.2) is 16.1 Å². The number of halogens is 1. The number of nitrogens with one attached hydrogen (secondary N) is 1. The zero-order chi connectivity index (χ0) is 14.4. The zero-order valence-electron chi connectivity index (χ0n) is 11.9. The van der Waals surface area contributed by atoms with Crippen LogP contribution in [0.4, 0.5) is 4.39 Å². The van der Waals surface area contributed by atoms with Gasteiger partial charge in [0.15, 0.2) is 0 Å². The van der Waals surface area contributed by atoms with Crippen LogP contribution in [0.5, 0.6) is 0 Å². The molecule has 0 fully saturated rings. The number of aryl methyl sites for hydroxylation is 1. The number of nitrogens with zero attached hydrogens (tertiary/aromatic N) is 2. The largest absolute Gasteiger partial charge is 0.309 e. The summed E-state index contributed by atoms with van der Waals surface area (Å²) in [4.78, 5) is 1.13. The van der Waals surface area contributed by atoms with Crippen molar-refractivity contribution < 1.29 is 4.39 Å². The summed E-state index contributed by atoms with van der Waals surface area (Å²) < 4.78 is 17.9. The van der Waals surface area contributed by atoms with Crippen LogP contribution in [0.1, 0.15) is 42.4 Å². The van der Waals surface area contributed by atoms with Gasteiger partial charge in [-0.15, -0.1) is 5.10 Å². The molecule has 1 atom stereocenters. The Balaban J connectivity index is 2.22. The summed E-state index contributed by atoms with van der Waals surface area (Å²) in [5, 5.41) is 7.65. The van der Waals surface area contributed by atoms with Crippen molar-refractivity contribution in [3.05, 3.63) is 46.2 Å². The van der Waals surface area contributed by atoms with Gasteiger partial charge in [0.1, 0.15) is 5.82 Å². The fourth-order valence-electron chi connectivity index (χ4n) is 2.19. The van der Waals surface area contributed by atoms with E-state index in [-0.39, 0.29) is 11.9 Å². The fraction of sp³-hybridized carbons (Fsp3) is 0.467. The summed E-state index contributed by atoms with van der Waals surface area (Å²) in [6.07, 6.45) is 2.53. The lowest BCUT2D eigenvalue weighted by atomic mass is 10.0. The third kappa shape index (κ3) is 3.61. The first kappa shape index (κ1) is 15.1. The number of hydrogen-bond acceptors (Lipinski definition) is 4. The molecule has 0 radical (unpaired) electrons. The number of rotatable bonds is 7. The second-order valence-corrected chi connectivity index (χ2v) is 5.53. The molecule has 0 spiro atoms. The lowest BCUT2D eigenvalue weighted by molar-refractivity contribution is 0.515. The predicted octanol–water partition coefficient (Wildman–Crippen LogP) is 3.52. The van der Waals surface area contributed by atoms with Gasteiger partial charge in [-0.25, -0.2) is 4.39 Å². The van der Waals surface area contributed by atoms with Gasteiger partial charge >= 0.3 is 0 Å². The third-order valence-electron chi connectivity index (χ3n) is 3.26. The highest BCUT2D eigenvalue weighted by Gasteiger charge is 2.19. The maximum atomic E-state index is 13.8. The summed E-state index contributed by atoms with van der Waals surface area (Å²) in [5.74, 6) is -0.147. The highest BCUT2D eigenvalue weighted by atomic mass is 32.1. The maximum absolute atomic E-state index is 13.8. The minimum absolute atomic E-state index is 0.0850. The molecule has 20 heavy (non-hydrogen) atoms. The molecule has 0 aliphatic rings. The molecule has 108 valence electrons. The van der Waals surface area contributed by atoms with Gasteiger partial charge in [-0.1, -0.05) is 36.5 Å². The minimum atomic E-state index is -0.147. The number of hydrogen-bond donors (Lipinski definition) is 1. The molecular weight excluding hydrogens is 273 g/mol. The number of aromatic nitrogens is 2. The van der Waals surface area contributed by atoms with Crippen molar-refractivity contribution in [3.63, 3.8) is 0 Å². The molecule has 0 aliphatic carbocycles. The van der Waals surface area contributed by atoms with E-state index in [9.17, 15) is 4.39 Å². The van der Waals surface area contributed by atoms with Crippen molar-refractivity contribution in [2.24, 2.45) is 0 Å². The molecule has 1 aromatic carbocycles. The van der Waals surface area contributed by atoms with Crippen molar-refractivity contribution in [2.45, 2.75) is 39.2 Å². The minimum Gasteiger partial charge on any atom is -0.309 e. The van der Waals surface area contributed by atoms with E-state index in [2.05, 4.69) is 28.8 Å². The third-order valence-corrected chi connectivity index (χ3v) is 4.14. The second-order valence-electron chi connectivity index (χ2n) is 4.74. The summed E-state index contributed by atoms with van der Waals surface area (Å²) in [6, 6.07) is 7.04. The first-order chi connectivity index (χ1) is 9.76. The Morgan fingerprint density at radius 3 is 2.80 bits per heavy atom. The van der Waals surface area contributed by atoms with Crippen molar-refractivity contribution >= 4 is 11.5 Å². The normalized spacial score (nSPS) is 12.6. The molecule has 2 rings (SSSR count). The van der Waals surface area contributed by atoms with Crippen molar-refractivity contribution in [1.29, 1.82) is 0 Å². The van der Waals surface area contributed by atoms with Crippen molar-refractivity contribution in [2.75, 3.05) is 6.54 Å². The maximum Gasteiger partial charge on any atom is 0.126 e. The van der Waals surface area contributed by atoms with Crippen LogP contribution in [0.15, 0.2) is 24.3 Å². The molecule has 1 N–H and O–H groups in total. The van der Waals surface area contributed by atoms with Crippen molar-refractivity contribution in [1.82, 2.24) is 14.9 Å². The van der Waals surface area contributed by atoms with Crippen LogP contribution in [0.25, 0.3) is 0 Å². The van der Waals surface area contributed by atoms with E-state index >= 15 is 0 Å². The van der Waals surface area contributed by atoms with Crippen LogP contribution < -0.4 is 5.32 Å². The Labute approximate surface area is 123 Å². The van der Waals surface area contributed by atoms with Crippen LogP contribution in [0.2, 0.25) is 0 Å². The molecule has 1 unspecified atom stereocenters. The van der Waals surface area contributed by atoms with E-state index in [1.807, 2.05) is 12.1 Å². The second kappa shape index (κ2) is 7.45. The van der Waals surface area contributed by atoms with E-state index in [4.69, 9.17) is 0 Å². The van der Waals surface area contributed by atoms with E-state index in [1.165, 1.54) is 17.6 Å². The highest BCUT2D eigenvalue weighted by Crippen LogP contribution is 2.25. The van der Waals surface area contributed by atoms with Gasteiger partial charge < -0.3 is 5.32 Å². The van der Waals surface area contributed by atoms with Crippen LogP contribution in [-0.2, 0) is 12.8 Å². The Bertz CT molecular complexity index is 541. The summed E-state index contributed by atoms with van der Waals surface area (Å²) in [6.45, 7) is 5.10. The number of benzene rings is 1. The van der Waals surface area contributed by atoms with Gasteiger partial charge in [0.25, 0.3) is 0 Å². The molecule has 2 aromatic rings. The van der Waals surface area contributed by atoms with Gasteiger partial charge in [0.2, 0.25) is 0 Å². The Hall–Kier alpha value is -1.33. The molecule has 1 heterocycles. The average molecular weight is 293 g/mol. The Kier molecular flexibility index (Phi) is 5.61. The Morgan fingerprint density at radius 1 is 1.30 bits per heavy atom. The molecule has 5 heteroatoms. The van der Waals surface area contributed by atoms with Crippen LogP contribution in [0, 0.1) is 5.82 Å². The quantitative estimate of drug-likeness (QED) is 0.848. The van der Waals surface area contributed by atoms with Gasteiger partial charge in [0.05, 0.1) is 10.6 Å². The van der Waals surface area contributed by atoms with Gasteiger partial charge in [-0.05, 0) is 49.0 Å². The van der Waals surface area contributed by atoms with Gasteiger partial charge in [-0.3, -0.25) is 0 Å². The molecular formula is C15H20FN3S. The van der Waals surface area contributed by atoms with E-state index in [1.54, 1.807) is 6.07 Å². The molecule has 0 saturated carbocycles. The monoisotopic (exact) mass is 293 g/mol. The van der Waals surface area contributed by atoms with E-state index in [0.717, 1.165) is 35.5 Å². The molecule has 0 saturated heterocycles. The SMILES string of the molecule is CCCNC(Cc1ccccc1F)c1snnc1CC. The first-order valence-electron chi connectivity index (χ1n) is 7.04. The first-order valence-corrected chi connectivity index (χ1v) is 7.81. The lowest BCUT2D eigenvalue weighted by Gasteiger charge is -2.18. The van der Waals surface area contributed by atoms with E-state index < -0.39 is 0 Å². The van der Waals surface area contributed by atoms with Gasteiger partial charge in [0, 0.05) is 6.04 Å². The summed E-state index contributed by atoms with van der Waals surface area (Å²) in [5.41, 5.74) is 1.75. The zero-order valence-corrected chi connectivity index (χ0v) is 12.7. The molecule has 0 aliphatic heterocycles. The average Bonchev–Trinajstić information content (AvgIpc) is 2.93. The van der Waals surface area contributed by atoms with Crippen LogP contribution in [0.3, 0.4) is 0 Å². The fourth-order valence-corrected chi connectivity index (χ4v) is 3.00. The molecule has 3 nitrogen and oxygen atoms in total. The lowest BCUT2D eigenvalue weighted by Crippen LogP contribution is -2.24. The molecule has 1 aromatic heterocycles. The smallest absolute Gasteiger partial charge is 0.126 e. The topological polar surface area (TPSA) is 37.8 Å². The Morgan fingerprint density at radius 2 is 2.10 bits per heavy atom. The molecule has 0 bridgehead atoms. The van der Waals surface area contributed by atoms with Gasteiger partial charge in [-0.2, -0.15) is 0 Å². The van der Waals surface area contributed by atoms with E-state index in [0.29, 0.717) is 6.42 Å². The highest BCUT2D eigenvalue weighted by molar-refractivity contribution is 7.05. The summed E-state index contributed by atoms with van der Waals surface area (Å²) in [7, 11) is 0. The predicted molar refractivity (Wildman–Crippen MR) is 80.4 cm³/mol.